The average molecular weight is 566 g/mol. The van der Waals surface area contributed by atoms with E-state index in [9.17, 15) is 4.79 Å². The number of aliphatic imine (C=N–C) groups is 1. The van der Waals surface area contributed by atoms with Gasteiger partial charge in [0.25, 0.3) is 0 Å². The van der Waals surface area contributed by atoms with Crippen LogP contribution in [0.4, 0.5) is 0 Å². The van der Waals surface area contributed by atoms with E-state index in [0.29, 0.717) is 18.4 Å². The summed E-state index contributed by atoms with van der Waals surface area (Å²) < 4.78 is 11.2. The largest absolute Gasteiger partial charge is 0.381 e. The van der Waals surface area contributed by atoms with Crippen molar-refractivity contribution in [3.63, 3.8) is 0 Å². The molecule has 3 heterocycles. The third-order valence-electron chi connectivity index (χ3n) is 6.41. The molecule has 1 atom stereocenters. The second-order valence-corrected chi connectivity index (χ2v) is 8.95. The van der Waals surface area contributed by atoms with E-state index in [0.717, 1.165) is 110 Å². The molecule has 1 amide bonds. The summed E-state index contributed by atoms with van der Waals surface area (Å²) in [7, 11) is 0. The lowest BCUT2D eigenvalue weighted by Gasteiger charge is -2.37. The van der Waals surface area contributed by atoms with Gasteiger partial charge in [-0.15, -0.1) is 24.0 Å². The van der Waals surface area contributed by atoms with Gasteiger partial charge < -0.3 is 24.6 Å². The van der Waals surface area contributed by atoms with Crippen molar-refractivity contribution in [3.8, 4) is 0 Å². The summed E-state index contributed by atoms with van der Waals surface area (Å²) in [5.41, 5.74) is 0. The minimum Gasteiger partial charge on any atom is -0.381 e. The van der Waals surface area contributed by atoms with E-state index in [2.05, 4.69) is 26.9 Å². The summed E-state index contributed by atoms with van der Waals surface area (Å²) >= 11 is 0. The van der Waals surface area contributed by atoms with E-state index in [1.807, 2.05) is 0 Å². The molecule has 0 bridgehead atoms. The van der Waals surface area contributed by atoms with Gasteiger partial charge in [-0.2, -0.15) is 0 Å². The number of amides is 1. The third-order valence-corrected chi connectivity index (χ3v) is 6.41. The first kappa shape index (κ1) is 27.6. The number of carbonyl (C=O) groups is 1. The highest BCUT2D eigenvalue weighted by Crippen LogP contribution is 2.13. The van der Waals surface area contributed by atoms with E-state index in [1.54, 1.807) is 0 Å². The fourth-order valence-corrected chi connectivity index (χ4v) is 4.47. The highest BCUT2D eigenvalue weighted by Gasteiger charge is 2.23. The molecule has 0 aromatic carbocycles. The van der Waals surface area contributed by atoms with Gasteiger partial charge in [0.1, 0.15) is 0 Å². The molecule has 1 unspecified atom stereocenters. The number of guanidine groups is 1. The molecule has 0 saturated carbocycles. The number of piperazine rings is 1. The molecule has 0 aromatic heterocycles. The molecule has 9 heteroatoms. The van der Waals surface area contributed by atoms with Crippen molar-refractivity contribution >= 4 is 35.8 Å². The van der Waals surface area contributed by atoms with Gasteiger partial charge in [-0.3, -0.25) is 14.7 Å². The minimum absolute atomic E-state index is 0. The van der Waals surface area contributed by atoms with Crippen LogP contribution >= 0.6 is 24.0 Å². The lowest BCUT2D eigenvalue weighted by Crippen LogP contribution is -2.54. The van der Waals surface area contributed by atoms with E-state index in [4.69, 9.17) is 14.5 Å². The van der Waals surface area contributed by atoms with Gasteiger partial charge in [0.2, 0.25) is 5.91 Å². The standard InChI is InChI=1S/C23H43N5O3.HI/c1-2-24-23(25-9-7-16-30-19-21-8-17-31-20-21)28-14-12-26(13-15-28)18-22(29)27-10-5-3-4-6-11-27;/h21H,2-20H2,1H3,(H,24,25);1H. The maximum Gasteiger partial charge on any atom is 0.236 e. The van der Waals surface area contributed by atoms with Crippen LogP contribution in [0.15, 0.2) is 4.99 Å². The number of nitrogens with zero attached hydrogens (tertiary/aromatic N) is 4. The Bertz CT molecular complexity index is 544. The molecule has 3 aliphatic rings. The van der Waals surface area contributed by atoms with Crippen molar-refractivity contribution in [1.82, 2.24) is 20.0 Å². The first-order chi connectivity index (χ1) is 15.3. The molecule has 186 valence electrons. The number of halogens is 1. The summed E-state index contributed by atoms with van der Waals surface area (Å²) in [6, 6.07) is 0. The fourth-order valence-electron chi connectivity index (χ4n) is 4.47. The maximum absolute atomic E-state index is 12.7. The van der Waals surface area contributed by atoms with Crippen molar-refractivity contribution in [2.75, 3.05) is 85.3 Å². The van der Waals surface area contributed by atoms with Crippen LogP contribution in [0.5, 0.6) is 0 Å². The number of rotatable bonds is 9. The Balaban J connectivity index is 0.00000363. The molecule has 3 aliphatic heterocycles. The maximum atomic E-state index is 12.7. The zero-order valence-corrected chi connectivity index (χ0v) is 22.3. The average Bonchev–Trinajstić information content (AvgIpc) is 3.15. The zero-order chi connectivity index (χ0) is 21.7. The van der Waals surface area contributed by atoms with Gasteiger partial charge in [-0.1, -0.05) is 12.8 Å². The molecule has 8 nitrogen and oxygen atoms in total. The monoisotopic (exact) mass is 565 g/mol. The SMILES string of the molecule is CCNC(=NCCCOCC1CCOC1)N1CCN(CC(=O)N2CCCCCC2)CC1.I. The Labute approximate surface area is 211 Å². The Morgan fingerprint density at radius 1 is 1.06 bits per heavy atom. The summed E-state index contributed by atoms with van der Waals surface area (Å²) in [4.78, 5) is 24.2. The predicted molar refractivity (Wildman–Crippen MR) is 139 cm³/mol. The number of nitrogens with one attached hydrogen (secondary N) is 1. The van der Waals surface area contributed by atoms with Crippen molar-refractivity contribution in [2.24, 2.45) is 10.9 Å². The molecule has 32 heavy (non-hydrogen) atoms. The lowest BCUT2D eigenvalue weighted by molar-refractivity contribution is -0.132. The molecule has 0 radical (unpaired) electrons. The normalized spacial score (nSPS) is 23.0. The molecule has 3 fully saturated rings. The minimum atomic E-state index is 0. The van der Waals surface area contributed by atoms with Crippen LogP contribution in [-0.4, -0.2) is 112 Å². The lowest BCUT2D eigenvalue weighted by atomic mass is 10.1. The smallest absolute Gasteiger partial charge is 0.236 e. The molecular weight excluding hydrogens is 521 g/mol. The van der Waals surface area contributed by atoms with Crippen LogP contribution in [0.2, 0.25) is 0 Å². The molecular formula is C23H44IN5O3. The summed E-state index contributed by atoms with van der Waals surface area (Å²) in [5.74, 6) is 1.87. The summed E-state index contributed by atoms with van der Waals surface area (Å²) in [6.07, 6.45) is 6.89. The molecule has 0 aromatic rings. The van der Waals surface area contributed by atoms with Gasteiger partial charge in [0, 0.05) is 71.5 Å². The Hall–Kier alpha value is -0.650. The van der Waals surface area contributed by atoms with Crippen LogP contribution in [0, 0.1) is 5.92 Å². The number of carbonyl (C=O) groups excluding carboxylic acids is 1. The number of hydrogen-bond acceptors (Lipinski definition) is 5. The van der Waals surface area contributed by atoms with Crippen LogP contribution in [0.1, 0.15) is 45.4 Å². The molecule has 3 saturated heterocycles. The molecule has 1 N–H and O–H groups in total. The van der Waals surface area contributed by atoms with E-state index in [-0.39, 0.29) is 24.0 Å². The molecule has 0 spiro atoms. The first-order valence-electron chi connectivity index (χ1n) is 12.4. The van der Waals surface area contributed by atoms with E-state index in [1.165, 1.54) is 12.8 Å². The van der Waals surface area contributed by atoms with Crippen LogP contribution in [0.3, 0.4) is 0 Å². The molecule has 3 rings (SSSR count). The van der Waals surface area contributed by atoms with Gasteiger partial charge in [-0.25, -0.2) is 0 Å². The van der Waals surface area contributed by atoms with Crippen molar-refractivity contribution < 1.29 is 14.3 Å². The quantitative estimate of drug-likeness (QED) is 0.200. The number of hydrogen-bond donors (Lipinski definition) is 1. The zero-order valence-electron chi connectivity index (χ0n) is 19.9. The Morgan fingerprint density at radius 2 is 1.81 bits per heavy atom. The van der Waals surface area contributed by atoms with Gasteiger partial charge >= 0.3 is 0 Å². The highest BCUT2D eigenvalue weighted by molar-refractivity contribution is 14.0. The Morgan fingerprint density at radius 3 is 2.47 bits per heavy atom. The third kappa shape index (κ3) is 9.69. The van der Waals surface area contributed by atoms with E-state index >= 15 is 0 Å². The summed E-state index contributed by atoms with van der Waals surface area (Å²) in [6.45, 7) is 13.1. The fraction of sp³-hybridized carbons (Fsp3) is 0.913. The summed E-state index contributed by atoms with van der Waals surface area (Å²) in [5, 5.41) is 3.43. The number of likely N-dealkylation sites (tertiary alicyclic amines) is 1. The van der Waals surface area contributed by atoms with Gasteiger partial charge in [0.15, 0.2) is 5.96 Å². The molecule has 0 aliphatic carbocycles. The first-order valence-corrected chi connectivity index (χ1v) is 12.4. The predicted octanol–water partition coefficient (Wildman–Crippen LogP) is 2.03. The number of ether oxygens (including phenoxy) is 2. The van der Waals surface area contributed by atoms with Gasteiger partial charge in [-0.05, 0) is 32.6 Å². The second kappa shape index (κ2) is 16.1. The van der Waals surface area contributed by atoms with Crippen LogP contribution < -0.4 is 5.32 Å². The topological polar surface area (TPSA) is 69.6 Å². The Kier molecular flexibility index (Phi) is 13.8. The van der Waals surface area contributed by atoms with Crippen molar-refractivity contribution in [1.29, 1.82) is 0 Å². The van der Waals surface area contributed by atoms with E-state index < -0.39 is 0 Å². The van der Waals surface area contributed by atoms with Gasteiger partial charge in [0.05, 0.1) is 19.8 Å². The van der Waals surface area contributed by atoms with Crippen molar-refractivity contribution in [2.45, 2.75) is 45.4 Å². The van der Waals surface area contributed by atoms with Crippen LogP contribution in [-0.2, 0) is 14.3 Å². The van der Waals surface area contributed by atoms with Crippen molar-refractivity contribution in [3.05, 3.63) is 0 Å². The highest BCUT2D eigenvalue weighted by atomic mass is 127. The second-order valence-electron chi connectivity index (χ2n) is 8.95. The van der Waals surface area contributed by atoms with Crippen LogP contribution in [0.25, 0.3) is 0 Å².